The van der Waals surface area contributed by atoms with E-state index >= 15 is 0 Å². The standard InChI is InChI=1S/C43H51NO10/c1-23(2)11-10-18-42(8)19-17-27-34(47)33-35(48)29-21-26-22-30(37(29)51-38(33)28(36(27)52-42)13-12-24(3)4)41(6,7)54-43(9,39(26)49)20-16-25(5)40(50)53-44-31(45)14-15-32(44)46/h11-12,14-17,19,21,26,30,37,45-47H,10,13,18,20,22H2,1-9H3. The molecule has 3 N–H and O–H groups in total. The molecule has 3 aliphatic heterocycles. The Morgan fingerprint density at radius 1 is 0.963 bits per heavy atom. The molecule has 0 amide bonds. The number of aromatic hydroxyl groups is 3. The van der Waals surface area contributed by atoms with Crippen LogP contribution in [0.5, 0.6) is 29.0 Å². The summed E-state index contributed by atoms with van der Waals surface area (Å²) in [5.74, 6) is -3.02. The highest BCUT2D eigenvalue weighted by atomic mass is 16.7. The lowest BCUT2D eigenvalue weighted by atomic mass is 9.69. The maximum Gasteiger partial charge on any atom is 0.359 e. The Bertz CT molecular complexity index is 2050. The molecular weight excluding hydrogens is 690 g/mol. The highest BCUT2D eigenvalue weighted by Gasteiger charge is 2.57. The molecule has 1 fully saturated rings. The van der Waals surface area contributed by atoms with Gasteiger partial charge in [-0.15, -0.1) is 4.73 Å². The summed E-state index contributed by atoms with van der Waals surface area (Å²) in [4.78, 5) is 46.9. The fourth-order valence-corrected chi connectivity index (χ4v) is 7.95. The lowest BCUT2D eigenvalue weighted by Crippen LogP contribution is -2.50. The minimum absolute atomic E-state index is 0.00233. The molecule has 1 aliphatic carbocycles. The van der Waals surface area contributed by atoms with Gasteiger partial charge in [-0.1, -0.05) is 35.5 Å². The van der Waals surface area contributed by atoms with Gasteiger partial charge in [-0.05, 0) is 100 Å². The zero-order valence-electron chi connectivity index (χ0n) is 32.5. The molecule has 1 aromatic heterocycles. The first-order chi connectivity index (χ1) is 25.2. The molecule has 288 valence electrons. The number of hydrogen-bond donors (Lipinski definition) is 3. The monoisotopic (exact) mass is 741 g/mol. The van der Waals surface area contributed by atoms with Crippen LogP contribution in [0.1, 0.15) is 109 Å². The van der Waals surface area contributed by atoms with Gasteiger partial charge < -0.3 is 34.4 Å². The largest absolute Gasteiger partial charge is 0.506 e. The number of allylic oxidation sites excluding steroid dienone is 5. The van der Waals surface area contributed by atoms with Crippen LogP contribution in [0.15, 0.2) is 64.8 Å². The zero-order chi connectivity index (χ0) is 39.5. The third-order valence-corrected chi connectivity index (χ3v) is 11.0. The number of aromatic nitrogens is 1. The molecule has 6 rings (SSSR count). The van der Waals surface area contributed by atoms with E-state index in [9.17, 15) is 29.7 Å². The van der Waals surface area contributed by atoms with E-state index < -0.39 is 58.3 Å². The second-order valence-electron chi connectivity index (χ2n) is 16.4. The minimum Gasteiger partial charge on any atom is -0.506 e. The van der Waals surface area contributed by atoms with Crippen LogP contribution in [-0.2, 0) is 20.7 Å². The fourth-order valence-electron chi connectivity index (χ4n) is 7.95. The maximum absolute atomic E-state index is 14.6. The lowest BCUT2D eigenvalue weighted by Gasteiger charge is -2.45. The van der Waals surface area contributed by atoms with Crippen molar-refractivity contribution in [1.82, 2.24) is 4.73 Å². The van der Waals surface area contributed by atoms with Gasteiger partial charge in [0.15, 0.2) is 11.6 Å². The van der Waals surface area contributed by atoms with Crippen LogP contribution in [0.2, 0.25) is 0 Å². The van der Waals surface area contributed by atoms with E-state index in [4.69, 9.17) is 19.0 Å². The van der Waals surface area contributed by atoms with Gasteiger partial charge in [0.05, 0.1) is 11.2 Å². The SMILES string of the molecule is CC(C)=CCCC1(C)C=Cc2c(O)c3c(c(CC=C(C)C)c2O1)OC1C(=CC2CC1C(C)(C)OC(C)(CC=C(C)C(=O)On1c(O)ccc1O)C2=O)C3=O. The van der Waals surface area contributed by atoms with Crippen LogP contribution < -0.4 is 14.3 Å². The normalized spacial score (nSPS) is 26.6. The predicted molar refractivity (Wildman–Crippen MR) is 203 cm³/mol. The van der Waals surface area contributed by atoms with Crippen LogP contribution in [0.3, 0.4) is 0 Å². The summed E-state index contributed by atoms with van der Waals surface area (Å²) in [5.41, 5.74) is 0.806. The Morgan fingerprint density at radius 2 is 1.63 bits per heavy atom. The van der Waals surface area contributed by atoms with E-state index in [1.807, 2.05) is 52.8 Å². The Morgan fingerprint density at radius 3 is 2.28 bits per heavy atom. The van der Waals surface area contributed by atoms with E-state index in [1.165, 1.54) is 30.7 Å². The van der Waals surface area contributed by atoms with Crippen molar-refractivity contribution in [2.75, 3.05) is 0 Å². The van der Waals surface area contributed by atoms with Crippen molar-refractivity contribution in [3.05, 3.63) is 81.5 Å². The maximum atomic E-state index is 14.6. The van der Waals surface area contributed by atoms with E-state index in [-0.39, 0.29) is 34.8 Å². The third kappa shape index (κ3) is 7.01. The molecule has 2 bridgehead atoms. The van der Waals surface area contributed by atoms with E-state index in [2.05, 4.69) is 19.9 Å². The van der Waals surface area contributed by atoms with E-state index in [0.29, 0.717) is 46.4 Å². The molecule has 4 aliphatic rings. The molecule has 11 heteroatoms. The van der Waals surface area contributed by atoms with Crippen LogP contribution in [0.25, 0.3) is 6.08 Å². The van der Waals surface area contributed by atoms with Crippen molar-refractivity contribution in [2.24, 2.45) is 11.8 Å². The third-order valence-electron chi connectivity index (χ3n) is 11.0. The number of benzene rings is 1. The molecule has 54 heavy (non-hydrogen) atoms. The molecule has 1 aromatic carbocycles. The summed E-state index contributed by atoms with van der Waals surface area (Å²) in [6.45, 7) is 17.0. The van der Waals surface area contributed by atoms with Crippen LogP contribution in [-0.4, -0.2) is 60.5 Å². The number of ketones is 2. The van der Waals surface area contributed by atoms with Gasteiger partial charge in [-0.2, -0.15) is 0 Å². The van der Waals surface area contributed by atoms with Crippen molar-refractivity contribution in [3.8, 4) is 29.0 Å². The topological polar surface area (TPSA) is 154 Å². The molecule has 5 atom stereocenters. The van der Waals surface area contributed by atoms with Crippen LogP contribution >= 0.6 is 0 Å². The second kappa shape index (κ2) is 14.0. The van der Waals surface area contributed by atoms with Crippen molar-refractivity contribution in [1.29, 1.82) is 0 Å². The molecule has 5 unspecified atom stereocenters. The molecule has 0 spiro atoms. The molecule has 2 aromatic rings. The number of phenolic OH excluding ortho intramolecular Hbond substituents is 1. The quantitative estimate of drug-likeness (QED) is 0.172. The molecule has 4 heterocycles. The number of hydrogen-bond acceptors (Lipinski definition) is 10. The van der Waals surface area contributed by atoms with Gasteiger partial charge in [0.2, 0.25) is 11.8 Å². The summed E-state index contributed by atoms with van der Waals surface area (Å²) in [5, 5.41) is 31.6. The summed E-state index contributed by atoms with van der Waals surface area (Å²) in [6.07, 6.45) is 12.7. The van der Waals surface area contributed by atoms with Gasteiger partial charge in [0.25, 0.3) is 0 Å². The zero-order valence-corrected chi connectivity index (χ0v) is 32.5. The smallest absolute Gasteiger partial charge is 0.359 e. The fraction of sp³-hybridized carbons (Fsp3) is 0.465. The first-order valence-corrected chi connectivity index (χ1v) is 18.5. The van der Waals surface area contributed by atoms with Crippen molar-refractivity contribution < 1.29 is 48.8 Å². The van der Waals surface area contributed by atoms with Crippen LogP contribution in [0, 0.1) is 11.8 Å². The van der Waals surface area contributed by atoms with Crippen molar-refractivity contribution in [3.63, 3.8) is 0 Å². The number of carbonyl (C=O) groups excluding carboxylic acids is 3. The minimum atomic E-state index is -1.41. The first-order valence-electron chi connectivity index (χ1n) is 18.5. The number of nitrogens with zero attached hydrogens (tertiary/aromatic N) is 1. The van der Waals surface area contributed by atoms with E-state index in [1.54, 1.807) is 13.0 Å². The van der Waals surface area contributed by atoms with Crippen LogP contribution in [0.4, 0.5) is 0 Å². The molecule has 11 nitrogen and oxygen atoms in total. The summed E-state index contributed by atoms with van der Waals surface area (Å²) in [6, 6.07) is 2.35. The second-order valence-corrected chi connectivity index (χ2v) is 16.4. The van der Waals surface area contributed by atoms with Gasteiger partial charge in [0, 0.05) is 47.1 Å². The summed E-state index contributed by atoms with van der Waals surface area (Å²) < 4.78 is 20.9. The molecule has 1 saturated heterocycles. The summed E-state index contributed by atoms with van der Waals surface area (Å²) in [7, 11) is 0. The highest BCUT2D eigenvalue weighted by Crippen LogP contribution is 2.55. The Hall–Kier alpha value is -5.03. The average molecular weight is 742 g/mol. The average Bonchev–Trinajstić information content (AvgIpc) is 3.38. The van der Waals surface area contributed by atoms with E-state index in [0.717, 1.165) is 12.0 Å². The number of rotatable bonds is 9. The predicted octanol–water partition coefficient (Wildman–Crippen LogP) is 7.66. The Kier molecular flexibility index (Phi) is 10.0. The number of carbonyl (C=O) groups is 3. The lowest BCUT2D eigenvalue weighted by molar-refractivity contribution is -0.171. The Balaban J connectivity index is 1.36. The van der Waals surface area contributed by atoms with Gasteiger partial charge in [-0.25, -0.2) is 4.79 Å². The Labute approximate surface area is 316 Å². The van der Waals surface area contributed by atoms with Gasteiger partial charge in [0.1, 0.15) is 40.1 Å². The van der Waals surface area contributed by atoms with Crippen molar-refractivity contribution in [2.45, 2.75) is 117 Å². The number of Topliss-reactive ketones (excluding diaryl/α,β-unsaturated/α-hetero) is 2. The first kappa shape index (κ1) is 38.7. The van der Waals surface area contributed by atoms with Gasteiger partial charge >= 0.3 is 5.97 Å². The molecular formula is C43H51NO10. The number of ether oxygens (including phenoxy) is 3. The highest BCUT2D eigenvalue weighted by molar-refractivity contribution is 6.16. The van der Waals surface area contributed by atoms with Crippen molar-refractivity contribution >= 4 is 23.6 Å². The number of phenols is 1. The molecule has 0 saturated carbocycles. The summed E-state index contributed by atoms with van der Waals surface area (Å²) >= 11 is 0. The molecule has 0 radical (unpaired) electrons. The van der Waals surface area contributed by atoms with Gasteiger partial charge in [-0.3, -0.25) is 9.59 Å². The number of fused-ring (bicyclic) bond motifs is 6.